The lowest BCUT2D eigenvalue weighted by Gasteiger charge is -2.11. The normalized spacial score (nSPS) is 12.6. The number of hydrogen-bond donors (Lipinski definition) is 2. The molecule has 0 bridgehead atoms. The second kappa shape index (κ2) is 5.82. The van der Waals surface area contributed by atoms with Gasteiger partial charge < -0.3 is 11.1 Å². The molecule has 2 aromatic rings. The third kappa shape index (κ3) is 3.54. The third-order valence-electron chi connectivity index (χ3n) is 2.60. The third-order valence-corrected chi connectivity index (χ3v) is 4.20. The molecule has 5 heteroatoms. The van der Waals surface area contributed by atoms with Gasteiger partial charge in [-0.05, 0) is 37.6 Å². The summed E-state index contributed by atoms with van der Waals surface area (Å²) in [5.41, 5.74) is 8.84. The highest BCUT2D eigenvalue weighted by atomic mass is 79.9. The number of aromatic nitrogens is 1. The second-order valence-corrected chi connectivity index (χ2v) is 6.13. The Morgan fingerprint density at radius 1 is 1.44 bits per heavy atom. The smallest absolute Gasteiger partial charge is 0.110 e. The topological polar surface area (TPSA) is 50.9 Å². The van der Waals surface area contributed by atoms with Gasteiger partial charge in [0.25, 0.3) is 0 Å². The highest BCUT2D eigenvalue weighted by Gasteiger charge is 2.08. The van der Waals surface area contributed by atoms with Crippen molar-refractivity contribution in [1.29, 1.82) is 0 Å². The zero-order valence-electron chi connectivity index (χ0n) is 10.4. The number of nitrogens with one attached hydrogen (secondary N) is 1. The van der Waals surface area contributed by atoms with Crippen molar-refractivity contribution in [2.24, 2.45) is 0 Å². The van der Waals surface area contributed by atoms with Gasteiger partial charge in [-0.2, -0.15) is 0 Å². The van der Waals surface area contributed by atoms with E-state index >= 15 is 0 Å². The van der Waals surface area contributed by atoms with Crippen LogP contribution in [-0.2, 0) is 6.54 Å². The van der Waals surface area contributed by atoms with Crippen molar-refractivity contribution in [1.82, 2.24) is 10.3 Å². The number of nitrogens with two attached hydrogens (primary N) is 1. The summed E-state index contributed by atoms with van der Waals surface area (Å²) in [6.07, 6.45) is 0. The Morgan fingerprint density at radius 2 is 2.22 bits per heavy atom. The number of benzene rings is 1. The number of thiazole rings is 1. The standard InChI is InChI=1S/C13H16BrN3S/c1-8-7-18-13(17-8)9(2)16-6-10-3-11(14)5-12(15)4-10/h3-5,7,9,16H,6,15H2,1-2H3. The van der Waals surface area contributed by atoms with Crippen LogP contribution in [0, 0.1) is 6.92 Å². The lowest BCUT2D eigenvalue weighted by molar-refractivity contribution is 0.571. The molecule has 3 nitrogen and oxygen atoms in total. The van der Waals surface area contributed by atoms with Gasteiger partial charge in [0.2, 0.25) is 0 Å². The fourth-order valence-corrected chi connectivity index (χ4v) is 3.09. The van der Waals surface area contributed by atoms with Crippen LogP contribution < -0.4 is 11.1 Å². The van der Waals surface area contributed by atoms with Crippen LogP contribution in [-0.4, -0.2) is 4.98 Å². The van der Waals surface area contributed by atoms with E-state index in [9.17, 15) is 0 Å². The maximum Gasteiger partial charge on any atom is 0.110 e. The van der Waals surface area contributed by atoms with Gasteiger partial charge in [0.1, 0.15) is 5.01 Å². The van der Waals surface area contributed by atoms with Gasteiger partial charge in [-0.25, -0.2) is 4.98 Å². The largest absolute Gasteiger partial charge is 0.399 e. The van der Waals surface area contributed by atoms with Gasteiger partial charge in [0.15, 0.2) is 0 Å². The first-order chi connectivity index (χ1) is 8.54. The molecular weight excluding hydrogens is 310 g/mol. The van der Waals surface area contributed by atoms with Crippen LogP contribution in [0.25, 0.3) is 0 Å². The molecule has 1 heterocycles. The molecule has 0 aliphatic rings. The van der Waals surface area contributed by atoms with Crippen molar-refractivity contribution in [3.8, 4) is 0 Å². The SMILES string of the molecule is Cc1csc(C(C)NCc2cc(N)cc(Br)c2)n1. The monoisotopic (exact) mass is 325 g/mol. The van der Waals surface area contributed by atoms with Gasteiger partial charge >= 0.3 is 0 Å². The molecule has 0 fully saturated rings. The minimum atomic E-state index is 0.254. The Hall–Kier alpha value is -0.910. The summed E-state index contributed by atoms with van der Waals surface area (Å²) >= 11 is 5.14. The molecular formula is C13H16BrN3S. The number of aryl methyl sites for hydroxylation is 1. The van der Waals surface area contributed by atoms with Crippen molar-refractivity contribution < 1.29 is 0 Å². The summed E-state index contributed by atoms with van der Waals surface area (Å²) in [4.78, 5) is 4.48. The van der Waals surface area contributed by atoms with Gasteiger partial charge in [0, 0.05) is 27.8 Å². The number of halogens is 1. The average Bonchev–Trinajstić information content (AvgIpc) is 2.71. The summed E-state index contributed by atoms with van der Waals surface area (Å²) in [7, 11) is 0. The number of rotatable bonds is 4. The van der Waals surface area contributed by atoms with E-state index in [1.807, 2.05) is 19.1 Å². The van der Waals surface area contributed by atoms with Crippen LogP contribution in [0.3, 0.4) is 0 Å². The Bertz CT molecular complexity index is 519. The van der Waals surface area contributed by atoms with Crippen molar-refractivity contribution in [3.63, 3.8) is 0 Å². The highest BCUT2D eigenvalue weighted by molar-refractivity contribution is 9.10. The van der Waals surface area contributed by atoms with Crippen molar-refractivity contribution in [2.75, 3.05) is 5.73 Å². The van der Waals surface area contributed by atoms with Crippen LogP contribution in [0.15, 0.2) is 28.1 Å². The zero-order valence-corrected chi connectivity index (χ0v) is 12.8. The molecule has 0 saturated heterocycles. The summed E-state index contributed by atoms with van der Waals surface area (Å²) in [5.74, 6) is 0. The maximum atomic E-state index is 5.81. The lowest BCUT2D eigenvalue weighted by atomic mass is 10.2. The van der Waals surface area contributed by atoms with Gasteiger partial charge in [-0.3, -0.25) is 0 Å². The first-order valence-corrected chi connectivity index (χ1v) is 7.42. The fourth-order valence-electron chi connectivity index (χ4n) is 1.71. The van der Waals surface area contributed by atoms with E-state index in [1.54, 1.807) is 11.3 Å². The van der Waals surface area contributed by atoms with Crippen LogP contribution >= 0.6 is 27.3 Å². The molecule has 0 aliphatic carbocycles. The molecule has 0 spiro atoms. The molecule has 0 radical (unpaired) electrons. The zero-order chi connectivity index (χ0) is 13.1. The number of hydrogen-bond acceptors (Lipinski definition) is 4. The Labute approximate surface area is 120 Å². The van der Waals surface area contributed by atoms with Crippen LogP contribution in [0.5, 0.6) is 0 Å². The predicted octanol–water partition coefficient (Wildman–Crippen LogP) is 3.65. The molecule has 3 N–H and O–H groups in total. The van der Waals surface area contributed by atoms with E-state index in [1.165, 1.54) is 5.56 Å². The second-order valence-electron chi connectivity index (χ2n) is 4.32. The molecule has 2 rings (SSSR count). The minimum Gasteiger partial charge on any atom is -0.399 e. The molecule has 1 aromatic heterocycles. The molecule has 18 heavy (non-hydrogen) atoms. The van der Waals surface area contributed by atoms with E-state index in [0.29, 0.717) is 0 Å². The van der Waals surface area contributed by atoms with Gasteiger partial charge in [0.05, 0.1) is 6.04 Å². The van der Waals surface area contributed by atoms with Gasteiger partial charge in [-0.1, -0.05) is 15.9 Å². The Morgan fingerprint density at radius 3 is 2.83 bits per heavy atom. The maximum absolute atomic E-state index is 5.81. The van der Waals surface area contributed by atoms with E-state index in [4.69, 9.17) is 5.73 Å². The number of nitrogens with zero attached hydrogens (tertiary/aromatic N) is 1. The van der Waals surface area contributed by atoms with Crippen LogP contribution in [0.2, 0.25) is 0 Å². The molecule has 0 amide bonds. The number of anilines is 1. The van der Waals surface area contributed by atoms with E-state index < -0.39 is 0 Å². The average molecular weight is 326 g/mol. The lowest BCUT2D eigenvalue weighted by Crippen LogP contribution is -2.18. The molecule has 1 aromatic carbocycles. The molecule has 96 valence electrons. The van der Waals surface area contributed by atoms with Crippen molar-refractivity contribution in [2.45, 2.75) is 26.4 Å². The Kier molecular flexibility index (Phi) is 4.37. The fraction of sp³-hybridized carbons (Fsp3) is 0.308. The number of nitrogen functional groups attached to an aromatic ring is 1. The van der Waals surface area contributed by atoms with Gasteiger partial charge in [-0.15, -0.1) is 11.3 Å². The van der Waals surface area contributed by atoms with Crippen LogP contribution in [0.4, 0.5) is 5.69 Å². The van der Waals surface area contributed by atoms with Crippen LogP contribution in [0.1, 0.15) is 29.2 Å². The minimum absolute atomic E-state index is 0.254. The molecule has 0 saturated carbocycles. The first kappa shape index (κ1) is 13.5. The highest BCUT2D eigenvalue weighted by Crippen LogP contribution is 2.20. The molecule has 1 unspecified atom stereocenters. The van der Waals surface area contributed by atoms with Crippen molar-refractivity contribution in [3.05, 3.63) is 44.3 Å². The summed E-state index contributed by atoms with van der Waals surface area (Å²) < 4.78 is 1.01. The Balaban J connectivity index is 1.99. The summed E-state index contributed by atoms with van der Waals surface area (Å²) in [6.45, 7) is 4.92. The van der Waals surface area contributed by atoms with E-state index in [-0.39, 0.29) is 6.04 Å². The molecule has 0 aliphatic heterocycles. The summed E-state index contributed by atoms with van der Waals surface area (Å²) in [6, 6.07) is 6.21. The van der Waals surface area contributed by atoms with Crippen molar-refractivity contribution >= 4 is 33.0 Å². The predicted molar refractivity (Wildman–Crippen MR) is 80.7 cm³/mol. The van der Waals surface area contributed by atoms with E-state index in [0.717, 1.165) is 27.4 Å². The first-order valence-electron chi connectivity index (χ1n) is 5.75. The molecule has 1 atom stereocenters. The summed E-state index contributed by atoms with van der Waals surface area (Å²) in [5, 5.41) is 6.65. The van der Waals surface area contributed by atoms with E-state index in [2.05, 4.69) is 44.6 Å². The quantitative estimate of drug-likeness (QED) is 0.843.